The minimum Gasteiger partial charge on any atom is -0.507 e. The number of rotatable bonds is 6. The van der Waals surface area contributed by atoms with Crippen LogP contribution < -0.4 is 0 Å². The van der Waals surface area contributed by atoms with Crippen LogP contribution >= 0.6 is 11.6 Å². The van der Waals surface area contributed by atoms with Crippen molar-refractivity contribution in [2.45, 2.75) is 13.0 Å². The highest BCUT2D eigenvalue weighted by Crippen LogP contribution is 2.40. The molecule has 2 aliphatic rings. The molecule has 9 heteroatoms. The zero-order chi connectivity index (χ0) is 25.2. The Balaban J connectivity index is 1.55. The van der Waals surface area contributed by atoms with Gasteiger partial charge in [0, 0.05) is 31.2 Å². The van der Waals surface area contributed by atoms with E-state index in [9.17, 15) is 14.7 Å². The summed E-state index contributed by atoms with van der Waals surface area (Å²) in [6.07, 6.45) is 1.53. The van der Waals surface area contributed by atoms with Crippen molar-refractivity contribution in [3.63, 3.8) is 0 Å². The molecule has 1 aromatic heterocycles. The molecule has 1 N–H and O–H groups in total. The number of carbonyl (C=O) groups excluding carboxylic acids is 2. The largest absolute Gasteiger partial charge is 0.507 e. The Bertz CT molecular complexity index is 1300. The first kappa shape index (κ1) is 24.2. The fraction of sp³-hybridized carbons (Fsp3) is 0.296. The van der Waals surface area contributed by atoms with E-state index in [4.69, 9.17) is 16.3 Å². The summed E-state index contributed by atoms with van der Waals surface area (Å²) >= 11 is 6.11. The fourth-order valence-corrected chi connectivity index (χ4v) is 4.92. The van der Waals surface area contributed by atoms with Gasteiger partial charge in [0.05, 0.1) is 48.0 Å². The number of carbonyl (C=O) groups is 2. The van der Waals surface area contributed by atoms with Crippen LogP contribution in [0.15, 0.2) is 66.4 Å². The maximum Gasteiger partial charge on any atom is 0.295 e. The minimum atomic E-state index is -0.734. The molecular weight excluding hydrogens is 480 g/mol. The number of benzene rings is 2. The van der Waals surface area contributed by atoms with Crippen molar-refractivity contribution < 1.29 is 19.4 Å². The van der Waals surface area contributed by atoms with Gasteiger partial charge in [0.2, 0.25) is 0 Å². The number of ketones is 1. The molecule has 0 bridgehead atoms. The zero-order valence-electron chi connectivity index (χ0n) is 19.9. The number of nitrogens with zero attached hydrogens (tertiary/aromatic N) is 4. The number of Topliss-reactive ketones (excluding diaryl/α,β-unsaturated/α-hetero) is 1. The Morgan fingerprint density at radius 2 is 1.75 bits per heavy atom. The zero-order valence-corrected chi connectivity index (χ0v) is 20.7. The second-order valence-electron chi connectivity index (χ2n) is 8.89. The first-order chi connectivity index (χ1) is 17.5. The number of hydrogen-bond acceptors (Lipinski definition) is 6. The molecule has 8 nitrogen and oxygen atoms in total. The molecule has 1 atom stereocenters. The predicted molar refractivity (Wildman–Crippen MR) is 136 cm³/mol. The molecule has 0 saturated carbocycles. The third-order valence-corrected chi connectivity index (χ3v) is 7.00. The van der Waals surface area contributed by atoms with E-state index in [0.29, 0.717) is 48.1 Å². The lowest BCUT2D eigenvalue weighted by atomic mass is 9.95. The number of halogens is 1. The van der Waals surface area contributed by atoms with E-state index < -0.39 is 17.7 Å². The van der Waals surface area contributed by atoms with E-state index >= 15 is 0 Å². The van der Waals surface area contributed by atoms with Crippen LogP contribution in [0.1, 0.15) is 22.9 Å². The first-order valence-corrected chi connectivity index (χ1v) is 12.3. The van der Waals surface area contributed by atoms with Crippen molar-refractivity contribution >= 4 is 29.1 Å². The number of aromatic nitrogens is 2. The van der Waals surface area contributed by atoms with Gasteiger partial charge in [0.1, 0.15) is 5.76 Å². The quantitative estimate of drug-likeness (QED) is 0.312. The van der Waals surface area contributed by atoms with Gasteiger partial charge in [-0.25, -0.2) is 4.68 Å². The monoisotopic (exact) mass is 506 g/mol. The molecule has 0 radical (unpaired) electrons. The van der Waals surface area contributed by atoms with Crippen LogP contribution in [0.5, 0.6) is 0 Å². The van der Waals surface area contributed by atoms with Crippen molar-refractivity contribution in [3.8, 4) is 5.69 Å². The van der Waals surface area contributed by atoms with Gasteiger partial charge >= 0.3 is 0 Å². The van der Waals surface area contributed by atoms with Gasteiger partial charge in [-0.15, -0.1) is 0 Å². The molecule has 36 heavy (non-hydrogen) atoms. The molecule has 3 heterocycles. The molecule has 186 valence electrons. The molecule has 0 aliphatic carbocycles. The second-order valence-corrected chi connectivity index (χ2v) is 9.33. The van der Waals surface area contributed by atoms with E-state index in [0.717, 1.165) is 18.8 Å². The Labute approximate surface area is 214 Å². The summed E-state index contributed by atoms with van der Waals surface area (Å²) in [7, 11) is 0. The standard InChI is InChI=1S/C27H27ClN4O4/c1-18-22(17-29-32(18)21-5-3-2-4-6-21)25(33)23-24(19-7-9-20(28)10-8-19)31(27(35)26(23)34)12-11-30-13-15-36-16-14-30/h2-10,17,24,33H,11-16H2,1H3/t24-/m1/s1. The molecule has 2 saturated heterocycles. The number of hydrogen-bond donors (Lipinski definition) is 1. The van der Waals surface area contributed by atoms with E-state index in [1.807, 2.05) is 37.3 Å². The van der Waals surface area contributed by atoms with Gasteiger partial charge in [0.25, 0.3) is 11.7 Å². The fourth-order valence-electron chi connectivity index (χ4n) is 4.79. The molecule has 1 amide bonds. The van der Waals surface area contributed by atoms with Crippen molar-refractivity contribution in [2.75, 3.05) is 39.4 Å². The third kappa shape index (κ3) is 4.55. The first-order valence-electron chi connectivity index (χ1n) is 11.9. The number of aliphatic hydroxyl groups excluding tert-OH is 1. The molecule has 5 rings (SSSR count). The minimum absolute atomic E-state index is 0.0556. The summed E-state index contributed by atoms with van der Waals surface area (Å²) in [5.74, 6) is -1.57. The maximum atomic E-state index is 13.3. The summed E-state index contributed by atoms with van der Waals surface area (Å²) in [5.41, 5.74) is 2.65. The van der Waals surface area contributed by atoms with E-state index in [1.54, 1.807) is 33.8 Å². The number of para-hydroxylation sites is 1. The number of aliphatic hydroxyl groups is 1. The summed E-state index contributed by atoms with van der Waals surface area (Å²) in [6.45, 7) is 5.60. The topological polar surface area (TPSA) is 87.9 Å². The van der Waals surface area contributed by atoms with Crippen molar-refractivity contribution in [3.05, 3.63) is 88.2 Å². The Morgan fingerprint density at radius 3 is 2.44 bits per heavy atom. The Kier molecular flexibility index (Phi) is 6.91. The SMILES string of the molecule is Cc1c(C(O)=C2C(=O)C(=O)N(CCN3CCOCC3)[C@@H]2c2ccc(Cl)cc2)cnn1-c1ccccc1. The summed E-state index contributed by atoms with van der Waals surface area (Å²) < 4.78 is 7.11. The molecular formula is C27H27ClN4O4. The van der Waals surface area contributed by atoms with Gasteiger partial charge < -0.3 is 14.7 Å². The van der Waals surface area contributed by atoms with E-state index in [2.05, 4.69) is 10.00 Å². The predicted octanol–water partition coefficient (Wildman–Crippen LogP) is 3.59. The van der Waals surface area contributed by atoms with Crippen molar-refractivity contribution in [1.29, 1.82) is 0 Å². The smallest absolute Gasteiger partial charge is 0.295 e. The summed E-state index contributed by atoms with van der Waals surface area (Å²) in [6, 6.07) is 15.8. The lowest BCUT2D eigenvalue weighted by Gasteiger charge is -2.31. The van der Waals surface area contributed by atoms with Crippen LogP contribution in [0.2, 0.25) is 5.02 Å². The average Bonchev–Trinajstić information content (AvgIpc) is 3.41. The average molecular weight is 507 g/mol. The highest BCUT2D eigenvalue weighted by molar-refractivity contribution is 6.46. The Morgan fingerprint density at radius 1 is 1.06 bits per heavy atom. The lowest BCUT2D eigenvalue weighted by Crippen LogP contribution is -2.42. The highest BCUT2D eigenvalue weighted by atomic mass is 35.5. The molecule has 2 fully saturated rings. The maximum absolute atomic E-state index is 13.3. The van der Waals surface area contributed by atoms with Gasteiger partial charge in [-0.2, -0.15) is 5.10 Å². The second kappa shape index (κ2) is 10.3. The molecule has 0 unspecified atom stereocenters. The number of likely N-dealkylation sites (tertiary alicyclic amines) is 1. The number of amides is 1. The van der Waals surface area contributed by atoms with E-state index in [1.165, 1.54) is 6.20 Å². The summed E-state index contributed by atoms with van der Waals surface area (Å²) in [5, 5.41) is 16.4. The highest BCUT2D eigenvalue weighted by Gasteiger charge is 2.46. The summed E-state index contributed by atoms with van der Waals surface area (Å²) in [4.78, 5) is 30.3. The molecule has 2 aromatic carbocycles. The van der Waals surface area contributed by atoms with E-state index in [-0.39, 0.29) is 11.3 Å². The van der Waals surface area contributed by atoms with Crippen molar-refractivity contribution in [1.82, 2.24) is 19.6 Å². The van der Waals surface area contributed by atoms with Crippen LogP contribution in [0, 0.1) is 6.92 Å². The van der Waals surface area contributed by atoms with Crippen LogP contribution in [-0.4, -0.2) is 75.8 Å². The number of ether oxygens (including phenoxy) is 1. The van der Waals surface area contributed by atoms with Crippen molar-refractivity contribution in [2.24, 2.45) is 0 Å². The number of morpholine rings is 1. The van der Waals surface area contributed by atoms with Crippen LogP contribution in [0.25, 0.3) is 11.4 Å². The lowest BCUT2D eigenvalue weighted by molar-refractivity contribution is -0.140. The van der Waals surface area contributed by atoms with Crippen LogP contribution in [-0.2, 0) is 14.3 Å². The van der Waals surface area contributed by atoms with Gasteiger partial charge in [-0.05, 0) is 36.8 Å². The van der Waals surface area contributed by atoms with Gasteiger partial charge in [-0.3, -0.25) is 14.5 Å². The molecule has 0 spiro atoms. The normalized spacial score (nSPS) is 20.3. The molecule has 3 aromatic rings. The van der Waals surface area contributed by atoms with Crippen LogP contribution in [0.4, 0.5) is 0 Å². The van der Waals surface area contributed by atoms with Gasteiger partial charge in [-0.1, -0.05) is 41.9 Å². The Hall–Kier alpha value is -3.46. The molecule has 2 aliphatic heterocycles. The van der Waals surface area contributed by atoms with Gasteiger partial charge in [0.15, 0.2) is 0 Å². The third-order valence-electron chi connectivity index (χ3n) is 6.75. The van der Waals surface area contributed by atoms with Crippen LogP contribution in [0.3, 0.4) is 0 Å².